The van der Waals surface area contributed by atoms with E-state index in [-0.39, 0.29) is 0 Å². The van der Waals surface area contributed by atoms with Gasteiger partial charge in [0, 0.05) is 0 Å². The molecule has 0 aromatic carbocycles. The molecule has 38 valence electrons. The van der Waals surface area contributed by atoms with Crippen LogP contribution in [0.25, 0.3) is 0 Å². The Kier molecular flexibility index (Phi) is 1.16. The van der Waals surface area contributed by atoms with Crippen LogP contribution in [-0.2, 0) is 6.42 Å². The molecule has 0 spiro atoms. The minimum atomic E-state index is 1.10. The normalized spacial score (nSPS) is 9.29. The summed E-state index contributed by atoms with van der Waals surface area (Å²) in [6.07, 6.45) is 4.80. The van der Waals surface area contributed by atoms with Gasteiger partial charge in [0.05, 0.1) is 0 Å². The van der Waals surface area contributed by atoms with Crippen molar-refractivity contribution in [1.82, 2.24) is 4.98 Å². The highest BCUT2D eigenvalue weighted by Crippen LogP contribution is 1.93. The Morgan fingerprint density at radius 3 is 2.86 bits per heavy atom. The highest BCUT2D eigenvalue weighted by atomic mass is 14.6. The molecule has 1 aromatic rings. The minimum Gasteiger partial charge on any atom is -0.670 e. The second kappa shape index (κ2) is 1.82. The van der Waals surface area contributed by atoms with Gasteiger partial charge in [0.1, 0.15) is 0 Å². The van der Waals surface area contributed by atoms with Crippen LogP contribution in [0.15, 0.2) is 18.5 Å². The first-order valence-electron chi connectivity index (χ1n) is 2.49. The maximum atomic E-state index is 3.89. The number of hydrogen-bond donors (Lipinski definition) is 0. The molecular weight excluding hydrogens is 86.1 g/mol. The van der Waals surface area contributed by atoms with Gasteiger partial charge in [0.2, 0.25) is 0 Å². The van der Waals surface area contributed by atoms with Crippen LogP contribution in [0, 0.1) is 0 Å². The maximum Gasteiger partial charge on any atom is -0.0326 e. The molecule has 0 unspecified atom stereocenters. The lowest BCUT2D eigenvalue weighted by Crippen LogP contribution is -1.68. The van der Waals surface area contributed by atoms with E-state index in [1.54, 1.807) is 0 Å². The van der Waals surface area contributed by atoms with Crippen molar-refractivity contribution in [1.29, 1.82) is 0 Å². The fourth-order valence-electron chi connectivity index (χ4n) is 0.530. The average molecular weight is 94.1 g/mol. The van der Waals surface area contributed by atoms with Crippen molar-refractivity contribution < 1.29 is 0 Å². The monoisotopic (exact) mass is 94.1 g/mol. The van der Waals surface area contributed by atoms with Gasteiger partial charge >= 0.3 is 0 Å². The minimum absolute atomic E-state index is 1.10. The van der Waals surface area contributed by atoms with E-state index in [0.29, 0.717) is 0 Å². The Balaban J connectivity index is 2.76. The number of aromatic nitrogens is 1. The predicted octanol–water partition coefficient (Wildman–Crippen LogP) is 1.21. The summed E-state index contributed by atoms with van der Waals surface area (Å²) in [5, 5.41) is 0. The summed E-state index contributed by atoms with van der Waals surface area (Å²) >= 11 is 0. The van der Waals surface area contributed by atoms with Crippen molar-refractivity contribution >= 4 is 0 Å². The molecule has 1 heterocycles. The second-order valence-electron chi connectivity index (χ2n) is 1.52. The van der Waals surface area contributed by atoms with Crippen LogP contribution in [-0.4, -0.2) is 0 Å². The molecule has 0 amide bonds. The quantitative estimate of drug-likeness (QED) is 0.510. The molecule has 0 atom stereocenters. The molecule has 0 aliphatic heterocycles. The molecule has 0 saturated heterocycles. The predicted molar refractivity (Wildman–Crippen MR) is 29.1 cm³/mol. The van der Waals surface area contributed by atoms with E-state index in [9.17, 15) is 0 Å². The van der Waals surface area contributed by atoms with E-state index < -0.39 is 0 Å². The van der Waals surface area contributed by atoms with Crippen molar-refractivity contribution in [3.63, 3.8) is 0 Å². The summed E-state index contributed by atoms with van der Waals surface area (Å²) in [4.78, 5) is 3.89. The fraction of sp³-hybridized carbons (Fsp3) is 0.333. The average Bonchev–Trinajstić information content (AvgIpc) is 2.14. The molecule has 7 heavy (non-hydrogen) atoms. The van der Waals surface area contributed by atoms with Gasteiger partial charge < -0.3 is 4.98 Å². The topological polar surface area (TPSA) is 14.1 Å². The molecule has 1 nitrogen and oxygen atoms in total. The Bertz CT molecular complexity index is 119. The summed E-state index contributed by atoms with van der Waals surface area (Å²) in [7, 11) is 0. The Morgan fingerprint density at radius 1 is 1.71 bits per heavy atom. The Morgan fingerprint density at radius 2 is 2.57 bits per heavy atom. The molecule has 0 saturated carbocycles. The van der Waals surface area contributed by atoms with E-state index in [4.69, 9.17) is 0 Å². The molecular formula is C6H8N-. The van der Waals surface area contributed by atoms with Gasteiger partial charge in [-0.1, -0.05) is 18.6 Å². The molecule has 0 aliphatic rings. The van der Waals surface area contributed by atoms with Crippen molar-refractivity contribution in [2.75, 3.05) is 0 Å². The largest absolute Gasteiger partial charge is 0.670 e. The highest BCUT2D eigenvalue weighted by Gasteiger charge is 1.74. The van der Waals surface area contributed by atoms with Gasteiger partial charge in [-0.3, -0.25) is 0 Å². The van der Waals surface area contributed by atoms with E-state index in [0.717, 1.165) is 6.42 Å². The van der Waals surface area contributed by atoms with Crippen LogP contribution in [0.5, 0.6) is 0 Å². The standard InChI is InChI=1S/C6H8N/c1-2-6-3-4-7-5-6/h3-5H,2H2,1H3/q-1. The number of rotatable bonds is 1. The summed E-state index contributed by atoms with van der Waals surface area (Å²) in [5.41, 5.74) is 1.32. The fourth-order valence-corrected chi connectivity index (χ4v) is 0.530. The van der Waals surface area contributed by atoms with Crippen LogP contribution in [0.4, 0.5) is 0 Å². The van der Waals surface area contributed by atoms with Crippen LogP contribution in [0.3, 0.4) is 0 Å². The number of nitrogens with zero attached hydrogens (tertiary/aromatic N) is 1. The van der Waals surface area contributed by atoms with E-state index in [1.165, 1.54) is 5.56 Å². The van der Waals surface area contributed by atoms with Gasteiger partial charge in [0.15, 0.2) is 0 Å². The lowest BCUT2D eigenvalue weighted by Gasteiger charge is -1.85. The third-order valence-electron chi connectivity index (χ3n) is 1.02. The second-order valence-corrected chi connectivity index (χ2v) is 1.52. The number of hydrogen-bond acceptors (Lipinski definition) is 0. The van der Waals surface area contributed by atoms with Gasteiger partial charge in [-0.05, 0) is 6.42 Å². The van der Waals surface area contributed by atoms with E-state index >= 15 is 0 Å². The van der Waals surface area contributed by atoms with Gasteiger partial charge in [-0.15, -0.1) is 0 Å². The zero-order chi connectivity index (χ0) is 5.11. The van der Waals surface area contributed by atoms with Crippen molar-refractivity contribution in [3.05, 3.63) is 24.0 Å². The number of aryl methyl sites for hydroxylation is 1. The van der Waals surface area contributed by atoms with Gasteiger partial charge in [-0.2, -0.15) is 12.4 Å². The first-order chi connectivity index (χ1) is 3.43. The van der Waals surface area contributed by atoms with E-state index in [2.05, 4.69) is 11.9 Å². The summed E-state index contributed by atoms with van der Waals surface area (Å²) in [5.74, 6) is 0. The van der Waals surface area contributed by atoms with Gasteiger partial charge in [0.25, 0.3) is 0 Å². The SMILES string of the molecule is CCc1cc[n-]c1. The smallest absolute Gasteiger partial charge is 0.0326 e. The van der Waals surface area contributed by atoms with E-state index in [1.807, 2.05) is 18.5 Å². The van der Waals surface area contributed by atoms with Crippen LogP contribution in [0.2, 0.25) is 0 Å². The molecule has 1 rings (SSSR count). The zero-order valence-electron chi connectivity index (χ0n) is 4.39. The van der Waals surface area contributed by atoms with Crippen LogP contribution < -0.4 is 4.98 Å². The lowest BCUT2D eigenvalue weighted by molar-refractivity contribution is 1.14. The lowest BCUT2D eigenvalue weighted by atomic mass is 10.3. The molecule has 0 N–H and O–H groups in total. The molecule has 1 heteroatoms. The highest BCUT2D eigenvalue weighted by molar-refractivity contribution is 5.06. The van der Waals surface area contributed by atoms with Crippen LogP contribution >= 0.6 is 0 Å². The Hall–Kier alpha value is -0.720. The van der Waals surface area contributed by atoms with Crippen molar-refractivity contribution in [2.24, 2.45) is 0 Å². The third-order valence-corrected chi connectivity index (χ3v) is 1.02. The molecule has 0 fully saturated rings. The molecule has 0 radical (unpaired) electrons. The van der Waals surface area contributed by atoms with Crippen molar-refractivity contribution in [3.8, 4) is 0 Å². The molecule has 0 aliphatic carbocycles. The third kappa shape index (κ3) is 0.829. The Labute approximate surface area is 43.4 Å². The van der Waals surface area contributed by atoms with Crippen LogP contribution in [0.1, 0.15) is 12.5 Å². The summed E-state index contributed by atoms with van der Waals surface area (Å²) in [6, 6.07) is 2.03. The van der Waals surface area contributed by atoms with Crippen molar-refractivity contribution in [2.45, 2.75) is 13.3 Å². The molecule has 1 aromatic heterocycles. The first kappa shape index (κ1) is 4.44. The first-order valence-corrected chi connectivity index (χ1v) is 2.49. The van der Waals surface area contributed by atoms with Gasteiger partial charge in [-0.25, -0.2) is 0 Å². The maximum absolute atomic E-state index is 3.89. The zero-order valence-corrected chi connectivity index (χ0v) is 4.39. The summed E-state index contributed by atoms with van der Waals surface area (Å²) in [6.45, 7) is 2.12. The summed E-state index contributed by atoms with van der Waals surface area (Å²) < 4.78 is 0. The molecule has 0 bridgehead atoms.